The predicted octanol–water partition coefficient (Wildman–Crippen LogP) is 2.35. The summed E-state index contributed by atoms with van der Waals surface area (Å²) in [7, 11) is 0. The van der Waals surface area contributed by atoms with Crippen molar-refractivity contribution in [3.05, 3.63) is 65.5 Å². The van der Waals surface area contributed by atoms with E-state index in [1.54, 1.807) is 30.0 Å². The van der Waals surface area contributed by atoms with Gasteiger partial charge in [-0.25, -0.2) is 5.48 Å². The number of rotatable bonds is 5. The highest BCUT2D eigenvalue weighted by Gasteiger charge is 2.34. The van der Waals surface area contributed by atoms with E-state index in [2.05, 4.69) is 15.5 Å². The molecule has 8 nitrogen and oxygen atoms in total. The molecule has 1 unspecified atom stereocenters. The zero-order chi connectivity index (χ0) is 20.2. The van der Waals surface area contributed by atoms with E-state index >= 15 is 0 Å². The number of pyridine rings is 1. The van der Waals surface area contributed by atoms with Crippen LogP contribution in [0.25, 0.3) is 0 Å². The number of oxime groups is 1. The molecule has 4 rings (SSSR count). The first-order valence-electron chi connectivity index (χ1n) is 9.63. The molecular weight excluding hydrogens is 372 g/mol. The fraction of sp³-hybridized carbons (Fsp3) is 0.333. The number of nitrogens with one attached hydrogen (secondary N) is 2. The summed E-state index contributed by atoms with van der Waals surface area (Å²) in [6, 6.07) is 10.7. The van der Waals surface area contributed by atoms with Crippen LogP contribution in [0.5, 0.6) is 0 Å². The third-order valence-electron chi connectivity index (χ3n) is 5.51. The molecule has 2 aliphatic rings. The fourth-order valence-corrected chi connectivity index (χ4v) is 3.90. The van der Waals surface area contributed by atoms with Gasteiger partial charge in [-0.15, -0.1) is 0 Å². The first kappa shape index (κ1) is 19.1. The van der Waals surface area contributed by atoms with Gasteiger partial charge in [-0.2, -0.15) is 0 Å². The van der Waals surface area contributed by atoms with Crippen molar-refractivity contribution in [3.8, 4) is 0 Å². The third-order valence-corrected chi connectivity index (χ3v) is 5.51. The molecule has 1 aromatic carbocycles. The van der Waals surface area contributed by atoms with Gasteiger partial charge < -0.3 is 10.2 Å². The van der Waals surface area contributed by atoms with Gasteiger partial charge in [0.1, 0.15) is 0 Å². The molecule has 2 heterocycles. The van der Waals surface area contributed by atoms with E-state index in [0.717, 1.165) is 23.3 Å². The topological polar surface area (TPSA) is 113 Å². The minimum atomic E-state index is -0.453. The quantitative estimate of drug-likeness (QED) is 0.532. The predicted molar refractivity (Wildman–Crippen MR) is 104 cm³/mol. The van der Waals surface area contributed by atoms with Crippen LogP contribution in [0.15, 0.2) is 53.9 Å². The number of carbonyl (C=O) groups excluding carboxylic acids is 2. The highest BCUT2D eigenvalue weighted by Crippen LogP contribution is 2.29. The number of carbonyl (C=O) groups is 2. The Hall–Kier alpha value is -3.26. The first-order chi connectivity index (χ1) is 14.2. The summed E-state index contributed by atoms with van der Waals surface area (Å²) >= 11 is 0. The van der Waals surface area contributed by atoms with Gasteiger partial charge in [0.05, 0.1) is 11.6 Å². The maximum absolute atomic E-state index is 12.6. The average Bonchev–Trinajstić information content (AvgIpc) is 3.44. The number of benzene rings is 1. The molecule has 2 aromatic rings. The molecule has 8 heteroatoms. The Morgan fingerprint density at radius 2 is 1.83 bits per heavy atom. The molecule has 150 valence electrons. The normalized spacial score (nSPS) is 23.2. The number of aromatic nitrogens is 1. The summed E-state index contributed by atoms with van der Waals surface area (Å²) in [5.41, 5.74) is 4.94. The van der Waals surface area contributed by atoms with Crippen molar-refractivity contribution >= 4 is 17.5 Å². The molecule has 29 heavy (non-hydrogen) atoms. The van der Waals surface area contributed by atoms with E-state index in [1.165, 1.54) is 0 Å². The Morgan fingerprint density at radius 3 is 2.55 bits per heavy atom. The van der Waals surface area contributed by atoms with Gasteiger partial charge in [0.15, 0.2) is 6.10 Å². The van der Waals surface area contributed by atoms with Crippen LogP contribution in [0.2, 0.25) is 0 Å². The van der Waals surface area contributed by atoms with Gasteiger partial charge in [-0.05, 0) is 48.2 Å². The molecule has 3 atom stereocenters. The van der Waals surface area contributed by atoms with Crippen LogP contribution in [-0.2, 0) is 9.63 Å². The highest BCUT2D eigenvalue weighted by molar-refractivity contribution is 6.02. The van der Waals surface area contributed by atoms with Crippen molar-refractivity contribution < 1.29 is 19.6 Å². The number of hydrogen-bond donors (Lipinski definition) is 3. The third kappa shape index (κ3) is 4.12. The van der Waals surface area contributed by atoms with Crippen molar-refractivity contribution in [1.29, 1.82) is 0 Å². The molecule has 1 aliphatic carbocycles. The summed E-state index contributed by atoms with van der Waals surface area (Å²) in [5.74, 6) is -1.09. The van der Waals surface area contributed by atoms with Gasteiger partial charge in [-0.1, -0.05) is 23.7 Å². The molecule has 0 radical (unpaired) electrons. The first-order valence-corrected chi connectivity index (χ1v) is 9.63. The van der Waals surface area contributed by atoms with E-state index in [0.29, 0.717) is 24.8 Å². The Balaban J connectivity index is 1.38. The van der Waals surface area contributed by atoms with Crippen LogP contribution < -0.4 is 10.8 Å². The lowest BCUT2D eigenvalue weighted by Gasteiger charge is -2.19. The largest absolute Gasteiger partial charge is 0.387 e. The van der Waals surface area contributed by atoms with Gasteiger partial charge in [0, 0.05) is 30.4 Å². The molecule has 2 amide bonds. The second kappa shape index (κ2) is 8.40. The SMILES string of the molecule is O=C(N[C@@H]1CCC[C@@H]1C(=O)NO)c1ccc(C2=NOC(c3ccncc3)C2)cc1. The lowest BCUT2D eigenvalue weighted by molar-refractivity contribution is -0.133. The Morgan fingerprint density at radius 1 is 1.07 bits per heavy atom. The average molecular weight is 394 g/mol. The van der Waals surface area contributed by atoms with Crippen molar-refractivity contribution in [3.63, 3.8) is 0 Å². The highest BCUT2D eigenvalue weighted by atomic mass is 16.6. The van der Waals surface area contributed by atoms with Crippen LogP contribution in [0.1, 0.15) is 53.3 Å². The Labute approximate surface area is 167 Å². The number of hydroxylamine groups is 1. The molecule has 0 bridgehead atoms. The lowest BCUT2D eigenvalue weighted by Crippen LogP contribution is -2.43. The summed E-state index contributed by atoms with van der Waals surface area (Å²) < 4.78 is 0. The molecule has 1 fully saturated rings. The zero-order valence-electron chi connectivity index (χ0n) is 15.7. The summed E-state index contributed by atoms with van der Waals surface area (Å²) in [6.45, 7) is 0. The van der Waals surface area contributed by atoms with Gasteiger partial charge >= 0.3 is 0 Å². The van der Waals surface area contributed by atoms with Crippen LogP contribution >= 0.6 is 0 Å². The molecule has 1 saturated carbocycles. The smallest absolute Gasteiger partial charge is 0.251 e. The standard InChI is InChI=1S/C21H22N4O4/c26-20(23-17-3-1-2-16(17)21(27)24-28)15-6-4-13(5-7-15)18-12-19(29-25-18)14-8-10-22-11-9-14/h4-11,16-17,19,28H,1-3,12H2,(H,23,26)(H,24,27)/t16-,17+,19?/m0/s1. The summed E-state index contributed by atoms with van der Waals surface area (Å²) in [6.07, 6.45) is 6.16. The summed E-state index contributed by atoms with van der Waals surface area (Å²) in [4.78, 5) is 33.8. The van der Waals surface area contributed by atoms with E-state index < -0.39 is 11.8 Å². The Kier molecular flexibility index (Phi) is 5.53. The van der Waals surface area contributed by atoms with Crippen LogP contribution in [0.4, 0.5) is 0 Å². The monoisotopic (exact) mass is 394 g/mol. The molecule has 0 saturated heterocycles. The minimum Gasteiger partial charge on any atom is -0.387 e. The molecular formula is C21H22N4O4. The molecule has 3 N–H and O–H groups in total. The number of amides is 2. The molecule has 0 spiro atoms. The number of nitrogens with zero attached hydrogens (tertiary/aromatic N) is 2. The van der Waals surface area contributed by atoms with E-state index in [1.807, 2.05) is 24.3 Å². The maximum Gasteiger partial charge on any atom is 0.251 e. The van der Waals surface area contributed by atoms with E-state index in [9.17, 15) is 9.59 Å². The van der Waals surface area contributed by atoms with E-state index in [-0.39, 0.29) is 18.1 Å². The summed E-state index contributed by atoms with van der Waals surface area (Å²) in [5, 5.41) is 15.9. The second-order valence-electron chi connectivity index (χ2n) is 7.29. The van der Waals surface area contributed by atoms with Crippen molar-refractivity contribution in [2.75, 3.05) is 0 Å². The van der Waals surface area contributed by atoms with Crippen molar-refractivity contribution in [2.24, 2.45) is 11.1 Å². The zero-order valence-corrected chi connectivity index (χ0v) is 15.7. The maximum atomic E-state index is 12.6. The molecule has 1 aromatic heterocycles. The van der Waals surface area contributed by atoms with Crippen molar-refractivity contribution in [1.82, 2.24) is 15.8 Å². The fourth-order valence-electron chi connectivity index (χ4n) is 3.90. The van der Waals surface area contributed by atoms with Crippen LogP contribution in [-0.4, -0.2) is 33.8 Å². The van der Waals surface area contributed by atoms with E-state index in [4.69, 9.17) is 10.0 Å². The van der Waals surface area contributed by atoms with Gasteiger partial charge in [0.2, 0.25) is 5.91 Å². The Bertz CT molecular complexity index is 914. The minimum absolute atomic E-state index is 0.132. The van der Waals surface area contributed by atoms with Crippen molar-refractivity contribution in [2.45, 2.75) is 37.8 Å². The van der Waals surface area contributed by atoms with Gasteiger partial charge in [-0.3, -0.25) is 19.8 Å². The lowest BCUT2D eigenvalue weighted by atomic mass is 9.99. The van der Waals surface area contributed by atoms with Crippen LogP contribution in [0, 0.1) is 5.92 Å². The second-order valence-corrected chi connectivity index (χ2v) is 7.29. The van der Waals surface area contributed by atoms with Crippen LogP contribution in [0.3, 0.4) is 0 Å². The molecule has 1 aliphatic heterocycles. The number of hydrogen-bond acceptors (Lipinski definition) is 6. The van der Waals surface area contributed by atoms with Gasteiger partial charge in [0.25, 0.3) is 5.91 Å².